The monoisotopic (exact) mass is 170 g/mol. The van der Waals surface area contributed by atoms with E-state index in [1.165, 1.54) is 11.8 Å². The van der Waals surface area contributed by atoms with Gasteiger partial charge in [0.25, 0.3) is 0 Å². The topological polar surface area (TPSA) is 36.1 Å². The molecular formula is C6H6N2S2. The van der Waals surface area contributed by atoms with Crippen LogP contribution < -0.4 is 0 Å². The maximum atomic E-state index is 8.30. The highest BCUT2D eigenvalue weighted by atomic mass is 32.2. The van der Waals surface area contributed by atoms with E-state index in [2.05, 4.69) is 22.4 Å². The van der Waals surface area contributed by atoms with E-state index in [0.717, 1.165) is 6.42 Å². The van der Waals surface area contributed by atoms with Gasteiger partial charge in [-0.1, -0.05) is 0 Å². The fourth-order valence-corrected chi connectivity index (χ4v) is 1.83. The first-order chi connectivity index (χ1) is 4.73. The smallest absolute Gasteiger partial charge is 0.133 e. The third-order valence-corrected chi connectivity index (χ3v) is 2.78. The largest absolute Gasteiger partial charge is 0.225 e. The first kappa shape index (κ1) is 7.74. The van der Waals surface area contributed by atoms with E-state index in [-0.39, 0.29) is 5.54 Å². The Morgan fingerprint density at radius 3 is 3.10 bits per heavy atom. The van der Waals surface area contributed by atoms with Gasteiger partial charge in [0, 0.05) is 5.25 Å². The Morgan fingerprint density at radius 2 is 2.60 bits per heavy atom. The van der Waals surface area contributed by atoms with Crippen molar-refractivity contribution in [2.24, 2.45) is 4.99 Å². The van der Waals surface area contributed by atoms with Gasteiger partial charge in [-0.3, -0.25) is 0 Å². The van der Waals surface area contributed by atoms with Gasteiger partial charge in [-0.25, -0.2) is 4.99 Å². The molecule has 0 aromatic rings. The molecule has 52 valence electrons. The molecule has 1 rings (SSSR count). The predicted octanol–water partition coefficient (Wildman–Crippen LogP) is 1.83. The number of thiocyanates is 1. The van der Waals surface area contributed by atoms with Crippen LogP contribution in [0.15, 0.2) is 4.99 Å². The van der Waals surface area contributed by atoms with Crippen molar-refractivity contribution in [2.75, 3.05) is 0 Å². The van der Waals surface area contributed by atoms with Crippen molar-refractivity contribution >= 4 is 29.1 Å². The van der Waals surface area contributed by atoms with Gasteiger partial charge in [-0.15, -0.1) is 0 Å². The van der Waals surface area contributed by atoms with Gasteiger partial charge in [-0.05, 0) is 37.3 Å². The predicted molar refractivity (Wildman–Crippen MR) is 45.0 cm³/mol. The summed E-state index contributed by atoms with van der Waals surface area (Å²) in [4.78, 5) is 3.96. The number of hydrogen-bond donors (Lipinski definition) is 0. The number of rotatable bonds is 2. The van der Waals surface area contributed by atoms with Crippen molar-refractivity contribution in [3.63, 3.8) is 0 Å². The second-order valence-corrected chi connectivity index (χ2v) is 3.63. The molecule has 2 unspecified atom stereocenters. The van der Waals surface area contributed by atoms with Crippen LogP contribution >= 0.6 is 24.0 Å². The van der Waals surface area contributed by atoms with Gasteiger partial charge in [0.15, 0.2) is 0 Å². The second-order valence-electron chi connectivity index (χ2n) is 2.46. The van der Waals surface area contributed by atoms with Gasteiger partial charge in [-0.2, -0.15) is 5.26 Å². The van der Waals surface area contributed by atoms with E-state index in [9.17, 15) is 0 Å². The highest BCUT2D eigenvalue weighted by Crippen LogP contribution is 2.47. The lowest BCUT2D eigenvalue weighted by molar-refractivity contribution is 0.777. The molecule has 2 atom stereocenters. The fourth-order valence-electron chi connectivity index (χ4n) is 0.771. The van der Waals surface area contributed by atoms with Gasteiger partial charge in [0.05, 0.1) is 10.7 Å². The Balaban J connectivity index is 2.49. The van der Waals surface area contributed by atoms with E-state index in [1.807, 2.05) is 12.3 Å². The van der Waals surface area contributed by atoms with Crippen LogP contribution in [0.2, 0.25) is 0 Å². The molecule has 0 N–H and O–H groups in total. The van der Waals surface area contributed by atoms with E-state index in [0.29, 0.717) is 5.25 Å². The summed E-state index contributed by atoms with van der Waals surface area (Å²) < 4.78 is 0. The van der Waals surface area contributed by atoms with Crippen LogP contribution in [0.1, 0.15) is 13.3 Å². The Morgan fingerprint density at radius 1 is 1.90 bits per heavy atom. The minimum atomic E-state index is -0.0812. The summed E-state index contributed by atoms with van der Waals surface area (Å²) in [5.41, 5.74) is -0.0812. The minimum absolute atomic E-state index is 0.0812. The third-order valence-electron chi connectivity index (χ3n) is 1.63. The number of thioether (sulfide) groups is 1. The quantitative estimate of drug-likeness (QED) is 0.360. The van der Waals surface area contributed by atoms with Crippen molar-refractivity contribution in [3.05, 3.63) is 0 Å². The van der Waals surface area contributed by atoms with E-state index in [1.54, 1.807) is 0 Å². The number of nitriles is 1. The Hall–Kier alpha value is -0.360. The molecular weight excluding hydrogens is 164 g/mol. The molecule has 0 spiro atoms. The fraction of sp³-hybridized carbons (Fsp3) is 0.667. The molecule has 0 heterocycles. The van der Waals surface area contributed by atoms with Crippen LogP contribution in [0, 0.1) is 10.7 Å². The summed E-state index contributed by atoms with van der Waals surface area (Å²) in [6, 6.07) is 0. The molecule has 2 nitrogen and oxygen atoms in total. The zero-order valence-electron chi connectivity index (χ0n) is 5.50. The Labute approximate surface area is 69.3 Å². The molecule has 0 radical (unpaired) electrons. The molecule has 4 heteroatoms. The molecule has 10 heavy (non-hydrogen) atoms. The minimum Gasteiger partial charge on any atom is -0.225 e. The highest BCUT2D eigenvalue weighted by molar-refractivity contribution is 8.04. The van der Waals surface area contributed by atoms with E-state index in [4.69, 9.17) is 5.26 Å². The highest BCUT2D eigenvalue weighted by Gasteiger charge is 2.51. The number of nitrogens with zero attached hydrogens (tertiary/aromatic N) is 2. The van der Waals surface area contributed by atoms with Gasteiger partial charge < -0.3 is 0 Å². The molecule has 0 bridgehead atoms. The number of thiocarbonyl (C=S) groups is 1. The van der Waals surface area contributed by atoms with Crippen molar-refractivity contribution in [1.29, 1.82) is 5.26 Å². The molecule has 0 saturated heterocycles. The van der Waals surface area contributed by atoms with Crippen molar-refractivity contribution < 1.29 is 0 Å². The first-order valence-corrected chi connectivity index (χ1v) is 4.15. The summed E-state index contributed by atoms with van der Waals surface area (Å²) in [7, 11) is 0. The average molecular weight is 170 g/mol. The molecule has 1 aliphatic carbocycles. The first-order valence-electron chi connectivity index (χ1n) is 2.87. The molecule has 0 aliphatic heterocycles. The number of isothiocyanates is 1. The average Bonchev–Trinajstić information content (AvgIpc) is 2.44. The van der Waals surface area contributed by atoms with Gasteiger partial charge in [0.1, 0.15) is 5.40 Å². The van der Waals surface area contributed by atoms with E-state index >= 15 is 0 Å². The molecule has 1 fully saturated rings. The lowest BCUT2D eigenvalue weighted by Gasteiger charge is -1.95. The van der Waals surface area contributed by atoms with Gasteiger partial charge in [0.2, 0.25) is 0 Å². The lowest BCUT2D eigenvalue weighted by Crippen LogP contribution is -2.00. The molecule has 0 amide bonds. The van der Waals surface area contributed by atoms with Crippen LogP contribution in [-0.4, -0.2) is 16.0 Å². The van der Waals surface area contributed by atoms with Crippen LogP contribution in [-0.2, 0) is 0 Å². The van der Waals surface area contributed by atoms with Crippen LogP contribution in [0.25, 0.3) is 0 Å². The van der Waals surface area contributed by atoms with Crippen molar-refractivity contribution in [1.82, 2.24) is 0 Å². The zero-order chi connectivity index (χ0) is 7.61. The lowest BCUT2D eigenvalue weighted by atomic mass is 10.4. The number of aliphatic imine (C=N–C) groups is 1. The number of hydrogen-bond acceptors (Lipinski definition) is 4. The summed E-state index contributed by atoms with van der Waals surface area (Å²) in [5, 5.41) is 13.0. The molecule has 0 aromatic carbocycles. The summed E-state index contributed by atoms with van der Waals surface area (Å²) in [6.45, 7) is 1.99. The third kappa shape index (κ3) is 1.38. The van der Waals surface area contributed by atoms with Crippen LogP contribution in [0.3, 0.4) is 0 Å². The van der Waals surface area contributed by atoms with Crippen LogP contribution in [0.5, 0.6) is 0 Å². The Bertz CT molecular complexity index is 226. The summed E-state index contributed by atoms with van der Waals surface area (Å²) >= 11 is 5.74. The Kier molecular flexibility index (Phi) is 2.10. The normalized spacial score (nSPS) is 35.8. The maximum absolute atomic E-state index is 8.30. The molecule has 0 aromatic heterocycles. The standard InChI is InChI=1S/C6H6N2S2/c1-6(8-4-9)2-5(6)10-3-7/h5H,2H2,1H3. The van der Waals surface area contributed by atoms with Crippen LogP contribution in [0.4, 0.5) is 0 Å². The maximum Gasteiger partial charge on any atom is 0.133 e. The molecule has 1 aliphatic rings. The van der Waals surface area contributed by atoms with Crippen molar-refractivity contribution in [2.45, 2.75) is 24.1 Å². The molecule has 1 saturated carbocycles. The van der Waals surface area contributed by atoms with Gasteiger partial charge >= 0.3 is 0 Å². The van der Waals surface area contributed by atoms with Crippen molar-refractivity contribution in [3.8, 4) is 5.40 Å². The summed E-state index contributed by atoms with van der Waals surface area (Å²) in [5.74, 6) is 0. The summed E-state index contributed by atoms with van der Waals surface area (Å²) in [6.07, 6.45) is 0.953. The van der Waals surface area contributed by atoms with E-state index < -0.39 is 0 Å². The second kappa shape index (κ2) is 2.71. The SMILES string of the molecule is CC1(N=C=S)CC1SC#N. The zero-order valence-corrected chi connectivity index (χ0v) is 7.13.